The first-order chi connectivity index (χ1) is 20.0. The summed E-state index contributed by atoms with van der Waals surface area (Å²) in [5.41, 5.74) is 0. The molecule has 218 valence electrons. The molecule has 0 saturated carbocycles. The lowest BCUT2D eigenvalue weighted by Gasteiger charge is -2.19. The van der Waals surface area contributed by atoms with Gasteiger partial charge in [-0.15, -0.1) is 0 Å². The molecule has 0 radical (unpaired) electrons. The van der Waals surface area contributed by atoms with Gasteiger partial charge in [-0.3, -0.25) is 9.05 Å². The highest BCUT2D eigenvalue weighted by molar-refractivity contribution is 7.49. The molecule has 0 bridgehead atoms. The van der Waals surface area contributed by atoms with Crippen molar-refractivity contribution in [2.24, 2.45) is 0 Å². The number of rotatable bonds is 14. The predicted molar refractivity (Wildman–Crippen MR) is 159 cm³/mol. The number of hydrogen-bond donors (Lipinski definition) is 0. The zero-order valence-corrected chi connectivity index (χ0v) is 23.5. The summed E-state index contributed by atoms with van der Waals surface area (Å²) in [6.45, 7) is -0.481. The van der Waals surface area contributed by atoms with E-state index in [-0.39, 0.29) is 20.6 Å². The molecule has 0 atom stereocenters. The number of benzene rings is 4. The zero-order valence-electron chi connectivity index (χ0n) is 21.7. The Bertz CT molecular complexity index is 1380. The van der Waals surface area contributed by atoms with E-state index in [1.165, 1.54) is 0 Å². The van der Waals surface area contributed by atoms with Crippen LogP contribution in [0, 0.1) is 0 Å². The molecule has 1 heterocycles. The minimum Gasteiger partial charge on any atom is -0.461 e. The van der Waals surface area contributed by atoms with E-state index in [0.717, 1.165) is 0 Å². The average molecular weight is 609 g/mol. The highest BCUT2D eigenvalue weighted by Gasteiger charge is 2.33. The first-order valence-electron chi connectivity index (χ1n) is 12.5. The van der Waals surface area contributed by atoms with Gasteiger partial charge in [-0.25, -0.2) is 9.13 Å². The molecule has 0 spiro atoms. The van der Waals surface area contributed by atoms with Crippen molar-refractivity contribution in [1.82, 2.24) is 0 Å². The fourth-order valence-corrected chi connectivity index (χ4v) is 5.82. The summed E-state index contributed by atoms with van der Waals surface area (Å²) in [7, 11) is -8.23. The van der Waals surface area contributed by atoms with E-state index in [2.05, 4.69) is 0 Å². The average Bonchev–Trinajstić information content (AvgIpc) is 3.45. The maximum absolute atomic E-state index is 13.5. The van der Waals surface area contributed by atoms with Crippen molar-refractivity contribution < 1.29 is 40.7 Å². The Labute approximate surface area is 244 Å². The number of para-hydroxylation sites is 4. The first kappa shape index (κ1) is 30.7. The molecule has 0 saturated heterocycles. The first-order valence-corrected chi connectivity index (χ1v) is 15.4. The van der Waals surface area contributed by atoms with Gasteiger partial charge in [0, 0.05) is 0 Å². The van der Waals surface area contributed by atoms with Crippen molar-refractivity contribution in [2.45, 2.75) is 20.6 Å². The molecular weight excluding hydrogens is 578 g/mol. The Morgan fingerprint density at radius 3 is 0.952 bits per heavy atom. The third-order valence-corrected chi connectivity index (χ3v) is 7.92. The van der Waals surface area contributed by atoms with Gasteiger partial charge in [-0.1, -0.05) is 80.2 Å². The molecule has 0 aliphatic rings. The minimum atomic E-state index is -4.11. The molecule has 0 aliphatic heterocycles. The molecule has 0 aliphatic carbocycles. The molecule has 4 aromatic carbocycles. The van der Waals surface area contributed by atoms with E-state index in [1.54, 1.807) is 133 Å². The van der Waals surface area contributed by atoms with E-state index in [0.29, 0.717) is 34.5 Å². The van der Waals surface area contributed by atoms with Crippen molar-refractivity contribution in [2.75, 3.05) is 0 Å². The van der Waals surface area contributed by atoms with E-state index >= 15 is 0 Å². The van der Waals surface area contributed by atoms with Gasteiger partial charge in [-0.05, 0) is 60.7 Å². The maximum Gasteiger partial charge on any atom is 0.588 e. The van der Waals surface area contributed by atoms with Crippen molar-refractivity contribution in [3.63, 3.8) is 0 Å². The molecule has 9 nitrogen and oxygen atoms in total. The lowest BCUT2D eigenvalue weighted by Crippen LogP contribution is -2.05. The second-order valence-electron chi connectivity index (χ2n) is 8.43. The minimum absolute atomic E-state index is 0. The molecule has 42 heavy (non-hydrogen) atoms. The summed E-state index contributed by atoms with van der Waals surface area (Å²) in [5, 5.41) is 0. The fraction of sp³-hybridized carbons (Fsp3) is 0.0968. The molecule has 11 heteroatoms. The summed E-state index contributed by atoms with van der Waals surface area (Å²) in [4.78, 5) is 0. The van der Waals surface area contributed by atoms with Crippen LogP contribution < -0.4 is 18.1 Å². The van der Waals surface area contributed by atoms with E-state index < -0.39 is 15.6 Å². The maximum atomic E-state index is 13.5. The van der Waals surface area contributed by atoms with Crippen LogP contribution in [0.15, 0.2) is 138 Å². The smallest absolute Gasteiger partial charge is 0.461 e. The SMILES string of the molecule is C.O=P(OCc1ccc(COP(=O)(Oc2ccccc2)Oc2ccccc2)o1)(Oc1ccccc1)Oc1ccccc1. The topological polar surface area (TPSA) is 103 Å². The van der Waals surface area contributed by atoms with Gasteiger partial charge in [0.25, 0.3) is 0 Å². The summed E-state index contributed by atoms with van der Waals surface area (Å²) in [5.74, 6) is 1.86. The van der Waals surface area contributed by atoms with Gasteiger partial charge in [0.1, 0.15) is 47.7 Å². The van der Waals surface area contributed by atoms with E-state index in [4.69, 9.17) is 31.6 Å². The fourth-order valence-electron chi connectivity index (χ4n) is 3.45. The Hall–Kier alpha value is -4.26. The molecule has 0 N–H and O–H groups in total. The lowest BCUT2D eigenvalue weighted by atomic mass is 10.3. The van der Waals surface area contributed by atoms with Crippen LogP contribution in [-0.4, -0.2) is 0 Å². The van der Waals surface area contributed by atoms with Gasteiger partial charge in [0.15, 0.2) is 0 Å². The van der Waals surface area contributed by atoms with Crippen molar-refractivity contribution in [3.8, 4) is 23.0 Å². The van der Waals surface area contributed by atoms with E-state index in [9.17, 15) is 9.13 Å². The summed E-state index contributed by atoms with van der Waals surface area (Å²) in [6, 6.07) is 37.4. The predicted octanol–water partition coefficient (Wildman–Crippen LogP) is 9.48. The quantitative estimate of drug-likeness (QED) is 0.114. The second-order valence-corrected chi connectivity index (χ2v) is 11.5. The van der Waals surface area contributed by atoms with Crippen LogP contribution in [0.1, 0.15) is 18.9 Å². The summed E-state index contributed by atoms with van der Waals surface area (Å²) >= 11 is 0. The molecule has 0 fully saturated rings. The van der Waals surface area contributed by atoms with Crippen LogP contribution >= 0.6 is 15.6 Å². The number of furan rings is 1. The molecule has 0 unspecified atom stereocenters. The second kappa shape index (κ2) is 14.6. The number of hydrogen-bond acceptors (Lipinski definition) is 9. The van der Waals surface area contributed by atoms with Crippen molar-refractivity contribution in [3.05, 3.63) is 145 Å². The molecule has 0 amide bonds. The third kappa shape index (κ3) is 9.13. The Morgan fingerprint density at radius 1 is 0.429 bits per heavy atom. The summed E-state index contributed by atoms with van der Waals surface area (Å²) < 4.78 is 66.5. The largest absolute Gasteiger partial charge is 0.588 e. The van der Waals surface area contributed by atoms with Crippen LogP contribution in [0.2, 0.25) is 0 Å². The zero-order chi connectivity index (χ0) is 28.4. The Balaban J connectivity index is 0.00000405. The van der Waals surface area contributed by atoms with Gasteiger partial charge in [-0.2, -0.15) is 0 Å². The van der Waals surface area contributed by atoms with E-state index in [1.807, 2.05) is 0 Å². The third-order valence-electron chi connectivity index (χ3n) is 5.29. The summed E-state index contributed by atoms with van der Waals surface area (Å²) in [6.07, 6.45) is 0. The lowest BCUT2D eigenvalue weighted by molar-refractivity contribution is 0.171. The molecule has 1 aromatic heterocycles. The highest BCUT2D eigenvalue weighted by Crippen LogP contribution is 2.51. The number of phosphoric acid groups is 2. The highest BCUT2D eigenvalue weighted by atomic mass is 31.2. The van der Waals surface area contributed by atoms with Crippen LogP contribution in [0.3, 0.4) is 0 Å². The van der Waals surface area contributed by atoms with Crippen LogP contribution in [-0.2, 0) is 31.4 Å². The van der Waals surface area contributed by atoms with Crippen molar-refractivity contribution >= 4 is 15.6 Å². The molecule has 5 rings (SSSR count). The van der Waals surface area contributed by atoms with Gasteiger partial charge >= 0.3 is 15.6 Å². The monoisotopic (exact) mass is 608 g/mol. The Kier molecular flexibility index (Phi) is 10.7. The Morgan fingerprint density at radius 2 is 0.690 bits per heavy atom. The van der Waals surface area contributed by atoms with Crippen LogP contribution in [0.25, 0.3) is 0 Å². The van der Waals surface area contributed by atoms with Crippen LogP contribution in [0.4, 0.5) is 0 Å². The number of phosphoric ester groups is 2. The standard InChI is InChI=1S/C30H26O9P2.CH4/c31-40(36-25-13-5-1-6-14-25,37-26-15-7-2-8-16-26)33-23-29-21-22-30(35-29)24-34-41(32,38-27-17-9-3-10-18-27)39-28-19-11-4-12-20-28;/h1-22H,23-24H2;1H4. The van der Waals surface area contributed by atoms with Crippen LogP contribution in [0.5, 0.6) is 23.0 Å². The molecular formula is C31H30O9P2. The normalized spacial score (nSPS) is 11.2. The van der Waals surface area contributed by atoms with Gasteiger partial charge < -0.3 is 22.5 Å². The molecule has 5 aromatic rings. The van der Waals surface area contributed by atoms with Gasteiger partial charge in [0.05, 0.1) is 0 Å². The van der Waals surface area contributed by atoms with Gasteiger partial charge in [0.2, 0.25) is 0 Å². The van der Waals surface area contributed by atoms with Crippen molar-refractivity contribution in [1.29, 1.82) is 0 Å².